The van der Waals surface area contributed by atoms with Crippen molar-refractivity contribution in [2.75, 3.05) is 11.9 Å². The Balaban J connectivity index is 1.19. The summed E-state index contributed by atoms with van der Waals surface area (Å²) in [5.74, 6) is -2.77. The van der Waals surface area contributed by atoms with Crippen molar-refractivity contribution < 1.29 is 33.8 Å². The van der Waals surface area contributed by atoms with Gasteiger partial charge in [-0.2, -0.15) is 0 Å². The molecule has 4 aliphatic rings. The highest BCUT2D eigenvalue weighted by Crippen LogP contribution is 2.46. The van der Waals surface area contributed by atoms with Gasteiger partial charge in [-0.1, -0.05) is 31.1 Å². The van der Waals surface area contributed by atoms with Crippen LogP contribution in [0.2, 0.25) is 0 Å². The molecule has 1 saturated heterocycles. The van der Waals surface area contributed by atoms with E-state index in [1.807, 2.05) is 48.7 Å². The summed E-state index contributed by atoms with van der Waals surface area (Å²) < 4.78 is 12.5. The number of fused-ring (bicyclic) bond motifs is 3. The largest absolute Gasteiger partial charge is 0.488 e. The molecule has 3 fully saturated rings. The summed E-state index contributed by atoms with van der Waals surface area (Å²) in [4.78, 5) is 65.8. The van der Waals surface area contributed by atoms with Gasteiger partial charge < -0.3 is 30.1 Å². The first-order valence-corrected chi connectivity index (χ1v) is 20.4. The van der Waals surface area contributed by atoms with E-state index in [0.717, 1.165) is 73.0 Å². The molecule has 0 unspecified atom stereocenters. The third-order valence-corrected chi connectivity index (χ3v) is 11.9. The first-order valence-electron chi connectivity index (χ1n) is 19.5. The first-order chi connectivity index (χ1) is 26.0. The van der Waals surface area contributed by atoms with Crippen LogP contribution in [0.25, 0.3) is 22.3 Å². The first kappa shape index (κ1) is 37.8. The molecule has 12 nitrogen and oxygen atoms in total. The lowest BCUT2D eigenvalue weighted by Gasteiger charge is -2.29. The maximum atomic E-state index is 14.6. The lowest BCUT2D eigenvalue weighted by atomic mass is 9.95. The number of aryl methyl sites for hydroxylation is 1. The average Bonchev–Trinajstić information content (AvgIpc) is 3.55. The number of amides is 2. The average molecular weight is 758 g/mol. The van der Waals surface area contributed by atoms with E-state index in [-0.39, 0.29) is 55.7 Å². The standard InChI is InChI=1S/C41H51N5O7S/c1-24(2)42-40-44-33(23-54-40)32-20-35(30-16-15-25(3)17-31(30)43-32)52-29-19-34-37(48)45-41(39(50)51)21-27(41)12-8-6-4-5-7-11-26(38(49)46(34)22-29)18-36(47)53-28-13-9-10-14-28/h8,12,15-17,20,23-24,26-29,34H,4-7,9-11,13-14,18-19,21-22H2,1-3H3,(H,42,44)(H,45,48)(H,50,51)/b12-8-/t26-,27-,29-,34+,41-/m1/s1. The van der Waals surface area contributed by atoms with Crippen molar-refractivity contribution in [2.24, 2.45) is 11.8 Å². The normalized spacial score (nSPS) is 27.1. The van der Waals surface area contributed by atoms with Crippen molar-refractivity contribution in [1.29, 1.82) is 0 Å². The van der Waals surface area contributed by atoms with E-state index < -0.39 is 35.5 Å². The monoisotopic (exact) mass is 757 g/mol. The molecule has 54 heavy (non-hydrogen) atoms. The van der Waals surface area contributed by atoms with Gasteiger partial charge in [0.1, 0.15) is 35.2 Å². The van der Waals surface area contributed by atoms with Crippen LogP contribution >= 0.6 is 11.3 Å². The van der Waals surface area contributed by atoms with Crippen molar-refractivity contribution in [3.8, 4) is 17.1 Å². The van der Waals surface area contributed by atoms with Crippen LogP contribution in [0.4, 0.5) is 5.13 Å². The number of allylic oxidation sites excluding steroid dienone is 1. The Morgan fingerprint density at radius 1 is 1.06 bits per heavy atom. The Hall–Kier alpha value is -4.52. The summed E-state index contributed by atoms with van der Waals surface area (Å²) in [6.07, 6.45) is 11.0. The number of aliphatic carboxylic acids is 1. The van der Waals surface area contributed by atoms with Crippen molar-refractivity contribution in [1.82, 2.24) is 20.2 Å². The number of benzene rings is 1. The fourth-order valence-corrected chi connectivity index (χ4v) is 8.99. The molecule has 0 spiro atoms. The van der Waals surface area contributed by atoms with Gasteiger partial charge in [0.05, 0.1) is 24.2 Å². The fourth-order valence-electron chi connectivity index (χ4n) is 8.14. The Bertz CT molecular complexity index is 1920. The third kappa shape index (κ3) is 8.40. The van der Waals surface area contributed by atoms with Gasteiger partial charge in [-0.05, 0) is 89.8 Å². The number of esters is 1. The lowest BCUT2D eigenvalue weighted by Crippen LogP contribution is -2.53. The zero-order valence-corrected chi connectivity index (χ0v) is 32.2. The second kappa shape index (κ2) is 16.1. The quantitative estimate of drug-likeness (QED) is 0.156. The topological polar surface area (TPSA) is 160 Å². The summed E-state index contributed by atoms with van der Waals surface area (Å²) in [7, 11) is 0. The molecular weight excluding hydrogens is 707 g/mol. The summed E-state index contributed by atoms with van der Waals surface area (Å²) >= 11 is 1.50. The molecule has 4 heterocycles. The maximum absolute atomic E-state index is 14.6. The van der Waals surface area contributed by atoms with Gasteiger partial charge in [0.15, 0.2) is 5.13 Å². The summed E-state index contributed by atoms with van der Waals surface area (Å²) in [5, 5.41) is 20.0. The SMILES string of the molecule is Cc1ccc2c(O[C@@H]3C[C@H]4C(=O)N[C@]5(C(=O)O)C[C@H]5/C=C\CCCCC[C@H](CC(=O)OC5CCCC5)C(=O)N4C3)cc(-c3csc(NC(C)C)n3)nc2c1. The Kier molecular flexibility index (Phi) is 11.2. The van der Waals surface area contributed by atoms with E-state index in [0.29, 0.717) is 23.6 Å². The molecule has 288 valence electrons. The van der Waals surface area contributed by atoms with Gasteiger partial charge in [0.2, 0.25) is 11.8 Å². The Morgan fingerprint density at radius 3 is 2.63 bits per heavy atom. The maximum Gasteiger partial charge on any atom is 0.330 e. The number of thiazole rings is 1. The minimum Gasteiger partial charge on any atom is -0.488 e. The van der Waals surface area contributed by atoms with Gasteiger partial charge in [0, 0.05) is 41.1 Å². The zero-order chi connectivity index (χ0) is 38.0. The third-order valence-electron chi connectivity index (χ3n) is 11.1. The van der Waals surface area contributed by atoms with Gasteiger partial charge in [-0.15, -0.1) is 11.3 Å². The van der Waals surface area contributed by atoms with E-state index in [9.17, 15) is 24.3 Å². The van der Waals surface area contributed by atoms with Gasteiger partial charge in [-0.3, -0.25) is 14.4 Å². The van der Waals surface area contributed by atoms with Crippen molar-refractivity contribution >= 4 is 51.1 Å². The summed E-state index contributed by atoms with van der Waals surface area (Å²) in [5.41, 5.74) is 1.68. The molecule has 13 heteroatoms. The molecular formula is C41H51N5O7S. The van der Waals surface area contributed by atoms with Crippen LogP contribution in [-0.2, 0) is 23.9 Å². The van der Waals surface area contributed by atoms with Crippen LogP contribution in [0.5, 0.6) is 5.75 Å². The van der Waals surface area contributed by atoms with E-state index in [1.165, 1.54) is 16.2 Å². The highest BCUT2D eigenvalue weighted by atomic mass is 32.1. The Morgan fingerprint density at radius 2 is 1.85 bits per heavy atom. The molecule has 2 aliphatic heterocycles. The molecule has 3 aromatic rings. The van der Waals surface area contributed by atoms with E-state index >= 15 is 0 Å². The van der Waals surface area contributed by atoms with Crippen molar-refractivity contribution in [3.05, 3.63) is 47.4 Å². The van der Waals surface area contributed by atoms with Crippen LogP contribution in [0.3, 0.4) is 0 Å². The number of nitrogens with zero attached hydrogens (tertiary/aromatic N) is 3. The smallest absolute Gasteiger partial charge is 0.330 e. The lowest BCUT2D eigenvalue weighted by molar-refractivity contribution is -0.154. The number of carbonyl (C=O) groups excluding carboxylic acids is 3. The van der Waals surface area contributed by atoms with Gasteiger partial charge >= 0.3 is 11.9 Å². The van der Waals surface area contributed by atoms with Crippen LogP contribution < -0.4 is 15.4 Å². The van der Waals surface area contributed by atoms with Gasteiger partial charge in [0.25, 0.3) is 0 Å². The second-order valence-electron chi connectivity index (χ2n) is 15.8. The fraction of sp³-hybridized carbons (Fsp3) is 0.561. The number of carboxylic acid groups (broad SMARTS) is 1. The Labute approximate surface area is 320 Å². The number of ether oxygens (including phenoxy) is 2. The molecule has 1 aromatic carbocycles. The number of hydrogen-bond donors (Lipinski definition) is 3. The molecule has 2 saturated carbocycles. The predicted molar refractivity (Wildman–Crippen MR) is 206 cm³/mol. The van der Waals surface area contributed by atoms with Crippen LogP contribution in [0.1, 0.15) is 96.5 Å². The number of carbonyl (C=O) groups is 4. The minimum atomic E-state index is -1.42. The van der Waals surface area contributed by atoms with Crippen LogP contribution in [-0.4, -0.2) is 80.1 Å². The van der Waals surface area contributed by atoms with Crippen LogP contribution in [0.15, 0.2) is 41.8 Å². The zero-order valence-electron chi connectivity index (χ0n) is 31.3. The number of pyridine rings is 1. The van der Waals surface area contributed by atoms with E-state index in [4.69, 9.17) is 19.4 Å². The van der Waals surface area contributed by atoms with Crippen LogP contribution in [0, 0.1) is 18.8 Å². The molecule has 2 amide bonds. The molecule has 3 N–H and O–H groups in total. The number of anilines is 1. The number of nitrogens with one attached hydrogen (secondary N) is 2. The second-order valence-corrected chi connectivity index (χ2v) is 16.6. The minimum absolute atomic E-state index is 0.0638. The predicted octanol–water partition coefficient (Wildman–Crippen LogP) is 6.81. The highest BCUT2D eigenvalue weighted by Gasteiger charge is 2.61. The molecule has 7 rings (SSSR count). The molecule has 2 aliphatic carbocycles. The highest BCUT2D eigenvalue weighted by molar-refractivity contribution is 7.14. The summed E-state index contributed by atoms with van der Waals surface area (Å²) in [6.45, 7) is 6.20. The van der Waals surface area contributed by atoms with Gasteiger partial charge in [-0.25, -0.2) is 14.8 Å². The number of hydrogen-bond acceptors (Lipinski definition) is 10. The van der Waals surface area contributed by atoms with Crippen molar-refractivity contribution in [2.45, 2.75) is 128 Å². The van der Waals surface area contributed by atoms with E-state index in [1.54, 1.807) is 0 Å². The van der Waals surface area contributed by atoms with E-state index in [2.05, 4.69) is 24.5 Å². The summed E-state index contributed by atoms with van der Waals surface area (Å²) in [6, 6.07) is 7.02. The molecule has 0 radical (unpaired) electrons. The number of rotatable bonds is 9. The number of carboxylic acids is 1. The molecule has 0 bridgehead atoms. The number of aromatic nitrogens is 2. The molecule has 2 aromatic heterocycles. The van der Waals surface area contributed by atoms with Crippen molar-refractivity contribution in [3.63, 3.8) is 0 Å². The molecule has 5 atom stereocenters.